The molecule has 0 radical (unpaired) electrons. The van der Waals surface area contributed by atoms with Crippen molar-refractivity contribution < 1.29 is 14.7 Å². The third kappa shape index (κ3) is 2.90. The topological polar surface area (TPSA) is 66.4 Å². The van der Waals surface area contributed by atoms with Crippen molar-refractivity contribution >= 4 is 11.9 Å². The summed E-state index contributed by atoms with van der Waals surface area (Å²) in [5.74, 6) is -1.48. The molecule has 4 nitrogen and oxygen atoms in total. The summed E-state index contributed by atoms with van der Waals surface area (Å²) >= 11 is 0. The Labute approximate surface area is 71.0 Å². The van der Waals surface area contributed by atoms with Gasteiger partial charge in [-0.15, -0.1) is 0 Å². The first-order chi connectivity index (χ1) is 5.59. The van der Waals surface area contributed by atoms with E-state index in [1.165, 1.54) is 0 Å². The SMILES string of the molecule is CC(CC(=O)O)C(=O)NC1CC1. The van der Waals surface area contributed by atoms with E-state index >= 15 is 0 Å². The van der Waals surface area contributed by atoms with E-state index in [0.717, 1.165) is 12.8 Å². The standard InChI is InChI=1S/C8H13NO3/c1-5(4-7(10)11)8(12)9-6-2-3-6/h5-6H,2-4H2,1H3,(H,9,12)(H,10,11). The Morgan fingerprint density at radius 3 is 2.58 bits per heavy atom. The molecule has 1 aliphatic rings. The Hall–Kier alpha value is -1.06. The molecule has 0 aliphatic heterocycles. The van der Waals surface area contributed by atoms with Crippen LogP contribution in [0.4, 0.5) is 0 Å². The highest BCUT2D eigenvalue weighted by Crippen LogP contribution is 2.19. The number of amides is 1. The molecule has 4 heteroatoms. The zero-order valence-corrected chi connectivity index (χ0v) is 7.04. The van der Waals surface area contributed by atoms with E-state index in [9.17, 15) is 9.59 Å². The molecule has 1 amide bonds. The Kier molecular flexibility index (Phi) is 2.68. The maximum absolute atomic E-state index is 11.2. The van der Waals surface area contributed by atoms with Crippen LogP contribution >= 0.6 is 0 Å². The van der Waals surface area contributed by atoms with Crippen molar-refractivity contribution in [3.8, 4) is 0 Å². The molecule has 0 bridgehead atoms. The lowest BCUT2D eigenvalue weighted by Gasteiger charge is -2.08. The van der Waals surface area contributed by atoms with Gasteiger partial charge >= 0.3 is 5.97 Å². The smallest absolute Gasteiger partial charge is 0.304 e. The summed E-state index contributed by atoms with van der Waals surface area (Å²) in [6.07, 6.45) is 1.98. The van der Waals surface area contributed by atoms with Crippen LogP contribution in [0.5, 0.6) is 0 Å². The normalized spacial score (nSPS) is 18.4. The molecule has 0 saturated heterocycles. The molecule has 1 atom stereocenters. The predicted octanol–water partition coefficient (Wildman–Crippen LogP) is 0.376. The Morgan fingerprint density at radius 2 is 2.17 bits per heavy atom. The first-order valence-corrected chi connectivity index (χ1v) is 4.11. The van der Waals surface area contributed by atoms with E-state index in [1.54, 1.807) is 6.92 Å². The molecule has 2 N–H and O–H groups in total. The van der Waals surface area contributed by atoms with E-state index in [1.807, 2.05) is 0 Å². The quantitative estimate of drug-likeness (QED) is 0.642. The molecule has 0 aromatic rings. The largest absolute Gasteiger partial charge is 0.481 e. The first-order valence-electron chi connectivity index (χ1n) is 4.11. The Bertz CT molecular complexity index is 198. The van der Waals surface area contributed by atoms with Crippen LogP contribution in [0.3, 0.4) is 0 Å². The van der Waals surface area contributed by atoms with E-state index in [0.29, 0.717) is 6.04 Å². The van der Waals surface area contributed by atoms with Crippen LogP contribution in [0.2, 0.25) is 0 Å². The van der Waals surface area contributed by atoms with Gasteiger partial charge in [0.05, 0.1) is 6.42 Å². The van der Waals surface area contributed by atoms with Gasteiger partial charge in [-0.3, -0.25) is 9.59 Å². The fourth-order valence-corrected chi connectivity index (χ4v) is 0.926. The second kappa shape index (κ2) is 3.56. The summed E-state index contributed by atoms with van der Waals surface area (Å²) in [4.78, 5) is 21.4. The predicted molar refractivity (Wildman–Crippen MR) is 42.6 cm³/mol. The number of carboxylic acids is 1. The van der Waals surface area contributed by atoms with Gasteiger partial charge < -0.3 is 10.4 Å². The van der Waals surface area contributed by atoms with E-state index in [4.69, 9.17) is 5.11 Å². The molecule has 0 aromatic carbocycles. The van der Waals surface area contributed by atoms with E-state index in [2.05, 4.69) is 5.32 Å². The third-order valence-corrected chi connectivity index (χ3v) is 1.85. The highest BCUT2D eigenvalue weighted by Gasteiger charge is 2.26. The van der Waals surface area contributed by atoms with E-state index in [-0.39, 0.29) is 12.3 Å². The van der Waals surface area contributed by atoms with E-state index < -0.39 is 11.9 Å². The summed E-state index contributed by atoms with van der Waals surface area (Å²) in [5.41, 5.74) is 0. The van der Waals surface area contributed by atoms with Crippen LogP contribution in [0.1, 0.15) is 26.2 Å². The zero-order valence-electron chi connectivity index (χ0n) is 7.04. The number of hydrogen-bond acceptors (Lipinski definition) is 2. The van der Waals surface area contributed by atoms with Gasteiger partial charge in [-0.05, 0) is 12.8 Å². The van der Waals surface area contributed by atoms with Crippen molar-refractivity contribution in [2.45, 2.75) is 32.2 Å². The van der Waals surface area contributed by atoms with Gasteiger partial charge in [-0.1, -0.05) is 6.92 Å². The van der Waals surface area contributed by atoms with Crippen LogP contribution in [-0.4, -0.2) is 23.0 Å². The number of carbonyl (C=O) groups is 2. The van der Waals surface area contributed by atoms with Gasteiger partial charge in [0, 0.05) is 12.0 Å². The van der Waals surface area contributed by atoms with Crippen molar-refractivity contribution in [3.05, 3.63) is 0 Å². The van der Waals surface area contributed by atoms with Crippen LogP contribution in [0.15, 0.2) is 0 Å². The van der Waals surface area contributed by atoms with Crippen molar-refractivity contribution in [2.75, 3.05) is 0 Å². The number of rotatable bonds is 4. The maximum Gasteiger partial charge on any atom is 0.304 e. The van der Waals surface area contributed by atoms with Gasteiger partial charge in [0.1, 0.15) is 0 Å². The molecule has 1 rings (SSSR count). The van der Waals surface area contributed by atoms with Gasteiger partial charge in [-0.2, -0.15) is 0 Å². The number of hydrogen-bond donors (Lipinski definition) is 2. The summed E-state index contributed by atoms with van der Waals surface area (Å²) in [6, 6.07) is 0.314. The molecule has 68 valence electrons. The second-order valence-corrected chi connectivity index (χ2v) is 3.28. The molecular weight excluding hydrogens is 158 g/mol. The van der Waals surface area contributed by atoms with Crippen molar-refractivity contribution in [2.24, 2.45) is 5.92 Å². The molecule has 1 saturated carbocycles. The van der Waals surface area contributed by atoms with Gasteiger partial charge in [-0.25, -0.2) is 0 Å². The van der Waals surface area contributed by atoms with Crippen molar-refractivity contribution in [1.82, 2.24) is 5.32 Å². The van der Waals surface area contributed by atoms with Crippen LogP contribution in [0.25, 0.3) is 0 Å². The minimum Gasteiger partial charge on any atom is -0.481 e. The average Bonchev–Trinajstić information content (AvgIpc) is 2.70. The van der Waals surface area contributed by atoms with Gasteiger partial charge in [0.15, 0.2) is 0 Å². The molecule has 12 heavy (non-hydrogen) atoms. The minimum absolute atomic E-state index is 0.0848. The maximum atomic E-state index is 11.2. The lowest BCUT2D eigenvalue weighted by atomic mass is 10.1. The van der Waals surface area contributed by atoms with Gasteiger partial charge in [0.25, 0.3) is 0 Å². The number of carboxylic acid groups (broad SMARTS) is 1. The second-order valence-electron chi connectivity index (χ2n) is 3.28. The molecule has 0 spiro atoms. The molecule has 0 aromatic heterocycles. The summed E-state index contributed by atoms with van der Waals surface area (Å²) in [6.45, 7) is 1.63. The molecule has 1 unspecified atom stereocenters. The summed E-state index contributed by atoms with van der Waals surface area (Å²) < 4.78 is 0. The highest BCUT2D eigenvalue weighted by atomic mass is 16.4. The molecule has 0 heterocycles. The molecule has 1 fully saturated rings. The van der Waals surface area contributed by atoms with Crippen molar-refractivity contribution in [1.29, 1.82) is 0 Å². The monoisotopic (exact) mass is 171 g/mol. The molecule has 1 aliphatic carbocycles. The third-order valence-electron chi connectivity index (χ3n) is 1.85. The fourth-order valence-electron chi connectivity index (χ4n) is 0.926. The first kappa shape index (κ1) is 9.03. The average molecular weight is 171 g/mol. The summed E-state index contributed by atoms with van der Waals surface area (Å²) in [7, 11) is 0. The zero-order chi connectivity index (χ0) is 9.14. The summed E-state index contributed by atoms with van der Waals surface area (Å²) in [5, 5.41) is 11.2. The number of aliphatic carboxylic acids is 1. The lowest BCUT2D eigenvalue weighted by Crippen LogP contribution is -2.31. The number of carbonyl (C=O) groups excluding carboxylic acids is 1. The lowest BCUT2D eigenvalue weighted by molar-refractivity contribution is -0.140. The fraction of sp³-hybridized carbons (Fsp3) is 0.750. The molecular formula is C8H13NO3. The Balaban J connectivity index is 2.24. The van der Waals surface area contributed by atoms with Gasteiger partial charge in [0.2, 0.25) is 5.91 Å². The van der Waals surface area contributed by atoms with Crippen LogP contribution in [-0.2, 0) is 9.59 Å². The number of nitrogens with one attached hydrogen (secondary N) is 1. The highest BCUT2D eigenvalue weighted by molar-refractivity contribution is 5.83. The minimum atomic E-state index is -0.923. The van der Waals surface area contributed by atoms with Crippen LogP contribution in [0, 0.1) is 5.92 Å². The Morgan fingerprint density at radius 1 is 1.58 bits per heavy atom. The van der Waals surface area contributed by atoms with Crippen LogP contribution < -0.4 is 5.32 Å². The van der Waals surface area contributed by atoms with Crippen molar-refractivity contribution in [3.63, 3.8) is 0 Å².